The molecule has 13 heteroatoms. The van der Waals surface area contributed by atoms with Crippen molar-refractivity contribution in [1.82, 2.24) is 25.8 Å². The Kier molecular flexibility index (Phi) is 10.5. The number of likely N-dealkylation sites (tertiary alicyclic amines) is 1. The third kappa shape index (κ3) is 8.14. The van der Waals surface area contributed by atoms with E-state index in [-0.39, 0.29) is 25.4 Å². The summed E-state index contributed by atoms with van der Waals surface area (Å²) in [7, 11) is 1.63. The molecule has 3 N–H and O–H groups in total. The minimum Gasteiger partial charge on any atom is -0.387 e. The molecule has 3 aliphatic rings. The van der Waals surface area contributed by atoms with Crippen molar-refractivity contribution in [2.45, 2.75) is 103 Å². The number of hydrogen-bond donors (Lipinski definition) is 3. The molecule has 0 unspecified atom stereocenters. The number of nitrogens with one attached hydrogen (secondary N) is 3. The van der Waals surface area contributed by atoms with Gasteiger partial charge in [0, 0.05) is 43.1 Å². The predicted molar refractivity (Wildman–Crippen MR) is 170 cm³/mol. The van der Waals surface area contributed by atoms with Crippen molar-refractivity contribution in [2.75, 3.05) is 20.1 Å². The summed E-state index contributed by atoms with van der Waals surface area (Å²) < 4.78 is 0. The highest BCUT2D eigenvalue weighted by molar-refractivity contribution is 6.38. The Morgan fingerprint density at radius 3 is 2.47 bits per heavy atom. The summed E-state index contributed by atoms with van der Waals surface area (Å²) >= 11 is 6.21. The molecule has 1 spiro atoms. The number of rotatable bonds is 11. The molecule has 1 saturated heterocycles. The molecular weight excluding hydrogens is 600 g/mol. The number of halogens is 1. The average molecular weight is 645 g/mol. The minimum absolute atomic E-state index is 0.00765. The molecule has 4 atom stereocenters. The van der Waals surface area contributed by atoms with Crippen LogP contribution >= 0.6 is 11.6 Å². The van der Waals surface area contributed by atoms with E-state index in [1.807, 2.05) is 40.7 Å². The van der Waals surface area contributed by atoms with Gasteiger partial charge < -0.3 is 30.6 Å². The maximum atomic E-state index is 14.3. The molecule has 5 amide bonds. The molecule has 2 fully saturated rings. The van der Waals surface area contributed by atoms with Crippen molar-refractivity contribution in [2.24, 2.45) is 10.6 Å². The van der Waals surface area contributed by atoms with E-state index in [1.165, 1.54) is 9.80 Å². The Morgan fingerprint density at radius 2 is 1.87 bits per heavy atom. The topological polar surface area (TPSA) is 150 Å². The number of carbonyl (C=O) groups is 5. The monoisotopic (exact) mass is 644 g/mol. The van der Waals surface area contributed by atoms with Gasteiger partial charge in [0.1, 0.15) is 12.1 Å². The molecule has 0 bridgehead atoms. The zero-order valence-electron chi connectivity index (χ0n) is 26.9. The maximum Gasteiger partial charge on any atom is 0.317 e. The van der Waals surface area contributed by atoms with Crippen LogP contribution in [0.25, 0.3) is 0 Å². The Balaban J connectivity index is 1.62. The van der Waals surface area contributed by atoms with Crippen LogP contribution < -0.4 is 16.0 Å². The standard InChI is InChI=1S/C32H45ClN6O6/c1-7-10-22(25(40)28(42)34-21-13-14-21)35-27(41)24-17-32(16-23(37-45-32)19-11-9-12-20(33)15-19)18-39(24)29(43)26(31(3,4)5)36-30(44)38(6)8-2/h9,11-12,15,21-22,24,26H,7-8,10,13-14,16-18H2,1-6H3,(H,34,42)(H,35,41)(H,36,44)/t22-,24-,26+,32+/m0/s1. The van der Waals surface area contributed by atoms with Crippen molar-refractivity contribution < 1.29 is 28.8 Å². The van der Waals surface area contributed by atoms with Gasteiger partial charge in [0.05, 0.1) is 18.3 Å². The Hall–Kier alpha value is -3.67. The first-order valence-corrected chi connectivity index (χ1v) is 16.0. The van der Waals surface area contributed by atoms with Crippen molar-refractivity contribution in [1.29, 1.82) is 0 Å². The predicted octanol–water partition coefficient (Wildman–Crippen LogP) is 3.01. The van der Waals surface area contributed by atoms with Gasteiger partial charge in [0.15, 0.2) is 5.60 Å². The number of Topliss-reactive ketones (excluding diaryl/α,β-unsaturated/α-hetero) is 1. The summed E-state index contributed by atoms with van der Waals surface area (Å²) in [5.41, 5.74) is -0.330. The number of urea groups is 1. The first-order chi connectivity index (χ1) is 21.2. The molecule has 45 heavy (non-hydrogen) atoms. The van der Waals surface area contributed by atoms with E-state index in [4.69, 9.17) is 16.4 Å². The quantitative estimate of drug-likeness (QED) is 0.315. The van der Waals surface area contributed by atoms with Crippen LogP contribution in [-0.4, -0.2) is 95.0 Å². The molecule has 2 aliphatic heterocycles. The molecule has 1 saturated carbocycles. The fraction of sp³-hybridized carbons (Fsp3) is 0.625. The first kappa shape index (κ1) is 34.2. The molecule has 1 aromatic carbocycles. The Labute approximate surface area is 269 Å². The third-order valence-electron chi connectivity index (χ3n) is 8.53. The van der Waals surface area contributed by atoms with Gasteiger partial charge in [-0.05, 0) is 43.7 Å². The fourth-order valence-corrected chi connectivity index (χ4v) is 5.80. The first-order valence-electron chi connectivity index (χ1n) is 15.7. The van der Waals surface area contributed by atoms with E-state index in [2.05, 4.69) is 21.1 Å². The number of carbonyl (C=O) groups excluding carboxylic acids is 5. The largest absolute Gasteiger partial charge is 0.387 e. The van der Waals surface area contributed by atoms with Crippen LogP contribution in [0.15, 0.2) is 29.4 Å². The second kappa shape index (κ2) is 13.8. The lowest BCUT2D eigenvalue weighted by Crippen LogP contribution is -2.60. The van der Waals surface area contributed by atoms with Crippen LogP contribution in [0.1, 0.15) is 78.7 Å². The molecule has 1 aliphatic carbocycles. The summed E-state index contributed by atoms with van der Waals surface area (Å²) in [5, 5.41) is 13.2. The lowest BCUT2D eigenvalue weighted by Gasteiger charge is -2.36. The summed E-state index contributed by atoms with van der Waals surface area (Å²) in [4.78, 5) is 75.8. The van der Waals surface area contributed by atoms with Crippen molar-refractivity contribution in [3.05, 3.63) is 34.9 Å². The molecule has 0 radical (unpaired) electrons. The zero-order valence-corrected chi connectivity index (χ0v) is 27.7. The van der Waals surface area contributed by atoms with Gasteiger partial charge in [-0.1, -0.05) is 63.0 Å². The van der Waals surface area contributed by atoms with E-state index in [0.29, 0.717) is 30.1 Å². The lowest BCUT2D eigenvalue weighted by atomic mass is 9.85. The number of benzene rings is 1. The molecule has 2 heterocycles. The van der Waals surface area contributed by atoms with E-state index in [1.54, 1.807) is 25.2 Å². The SMILES string of the molecule is CCC[C@H](NC(=O)[C@@H]1C[C@]2(CC(c3cccc(Cl)c3)=NO2)CN1C(=O)[C@@H](NC(=O)N(C)CC)C(C)(C)C)C(=O)C(=O)NC1CC1. The van der Waals surface area contributed by atoms with Crippen LogP contribution in [0.4, 0.5) is 4.79 Å². The van der Waals surface area contributed by atoms with Crippen LogP contribution in [-0.2, 0) is 24.0 Å². The van der Waals surface area contributed by atoms with Crippen LogP contribution in [0, 0.1) is 5.41 Å². The zero-order chi connectivity index (χ0) is 33.1. The number of oxime groups is 1. The summed E-state index contributed by atoms with van der Waals surface area (Å²) in [6.07, 6.45) is 2.87. The second-order valence-corrected chi connectivity index (χ2v) is 13.8. The molecular formula is C32H45ClN6O6. The molecule has 1 aromatic rings. The fourth-order valence-electron chi connectivity index (χ4n) is 5.61. The number of ketones is 1. The van der Waals surface area contributed by atoms with Gasteiger partial charge in [-0.3, -0.25) is 19.2 Å². The van der Waals surface area contributed by atoms with E-state index in [0.717, 1.165) is 18.4 Å². The van der Waals surface area contributed by atoms with E-state index < -0.39 is 58.7 Å². The van der Waals surface area contributed by atoms with Crippen molar-refractivity contribution in [3.8, 4) is 0 Å². The molecule has 0 aromatic heterocycles. The van der Waals surface area contributed by atoms with Gasteiger partial charge in [0.25, 0.3) is 5.91 Å². The smallest absolute Gasteiger partial charge is 0.317 e. The summed E-state index contributed by atoms with van der Waals surface area (Å²) in [5.74, 6) is -2.46. The highest BCUT2D eigenvalue weighted by Crippen LogP contribution is 2.40. The van der Waals surface area contributed by atoms with Crippen LogP contribution in [0.5, 0.6) is 0 Å². The minimum atomic E-state index is -1.05. The van der Waals surface area contributed by atoms with Gasteiger partial charge in [-0.25, -0.2) is 4.79 Å². The molecule has 12 nitrogen and oxygen atoms in total. The van der Waals surface area contributed by atoms with Gasteiger partial charge in [-0.15, -0.1) is 0 Å². The van der Waals surface area contributed by atoms with Gasteiger partial charge in [0.2, 0.25) is 17.6 Å². The summed E-state index contributed by atoms with van der Waals surface area (Å²) in [6, 6.07) is 3.70. The molecule has 4 rings (SSSR count). The van der Waals surface area contributed by atoms with E-state index in [9.17, 15) is 24.0 Å². The second-order valence-electron chi connectivity index (χ2n) is 13.4. The van der Waals surface area contributed by atoms with Crippen LogP contribution in [0.3, 0.4) is 0 Å². The van der Waals surface area contributed by atoms with Gasteiger partial charge >= 0.3 is 6.03 Å². The number of amides is 5. The highest BCUT2D eigenvalue weighted by Gasteiger charge is 2.55. The lowest BCUT2D eigenvalue weighted by molar-refractivity contribution is -0.144. The Bertz CT molecular complexity index is 1360. The van der Waals surface area contributed by atoms with Crippen molar-refractivity contribution in [3.63, 3.8) is 0 Å². The van der Waals surface area contributed by atoms with Crippen LogP contribution in [0.2, 0.25) is 5.02 Å². The number of nitrogens with zero attached hydrogens (tertiary/aromatic N) is 3. The number of hydrogen-bond acceptors (Lipinski definition) is 7. The Morgan fingerprint density at radius 1 is 1.16 bits per heavy atom. The summed E-state index contributed by atoms with van der Waals surface area (Å²) in [6.45, 7) is 9.66. The normalized spacial score (nSPS) is 22.2. The highest BCUT2D eigenvalue weighted by atomic mass is 35.5. The third-order valence-corrected chi connectivity index (χ3v) is 8.77. The molecule has 246 valence electrons. The van der Waals surface area contributed by atoms with Crippen molar-refractivity contribution >= 4 is 46.8 Å². The maximum absolute atomic E-state index is 14.3. The van der Waals surface area contributed by atoms with E-state index >= 15 is 0 Å². The average Bonchev–Trinajstić information content (AvgIpc) is 3.58. The van der Waals surface area contributed by atoms with Gasteiger partial charge in [-0.2, -0.15) is 0 Å².